The van der Waals surface area contributed by atoms with Crippen molar-refractivity contribution in [2.45, 2.75) is 69.0 Å². The molecule has 0 radical (unpaired) electrons. The van der Waals surface area contributed by atoms with E-state index in [0.717, 1.165) is 29.7 Å². The van der Waals surface area contributed by atoms with Crippen LogP contribution in [0.2, 0.25) is 0 Å². The molecular formula is C20H33NO4. The van der Waals surface area contributed by atoms with Gasteiger partial charge in [0.1, 0.15) is 6.79 Å². The number of piperidine rings is 2. The summed E-state index contributed by atoms with van der Waals surface area (Å²) >= 11 is 0. The average Bonchev–Trinajstić information content (AvgIpc) is 3.10. The third kappa shape index (κ3) is 2.87. The fraction of sp³-hybridized carbons (Fsp3) is 1.00. The molecule has 3 aliphatic heterocycles. The molecule has 3 heterocycles. The number of fused-ring (bicyclic) bond motifs is 5. The van der Waals surface area contributed by atoms with Crippen LogP contribution >= 0.6 is 0 Å². The Kier molecular flexibility index (Phi) is 4.58. The topological polar surface area (TPSA) is 40.2 Å². The molecule has 0 N–H and O–H groups in total. The van der Waals surface area contributed by atoms with Crippen molar-refractivity contribution in [1.82, 2.24) is 4.90 Å². The van der Waals surface area contributed by atoms with Gasteiger partial charge in [0.2, 0.25) is 0 Å². The molecule has 5 aliphatic rings. The molecule has 5 nitrogen and oxygen atoms in total. The van der Waals surface area contributed by atoms with E-state index in [2.05, 4.69) is 4.90 Å². The third-order valence-corrected chi connectivity index (χ3v) is 8.14. The van der Waals surface area contributed by atoms with Crippen molar-refractivity contribution in [3.05, 3.63) is 0 Å². The Morgan fingerprint density at radius 3 is 2.28 bits per heavy atom. The predicted octanol–water partition coefficient (Wildman–Crippen LogP) is 2.29. The minimum atomic E-state index is 0.270. The molecule has 0 aromatic heterocycles. The number of hydrogen-bond acceptors (Lipinski definition) is 5. The number of ether oxygens (including phenoxy) is 4. The summed E-state index contributed by atoms with van der Waals surface area (Å²) in [5, 5.41) is 0. The summed E-state index contributed by atoms with van der Waals surface area (Å²) in [6, 6.07) is 0.745. The second-order valence-electron chi connectivity index (χ2n) is 9.05. The standard InChI is InChI=1S/C20H33NO4/c1-22-17-6-12-3-4-21-10-14-8-20-19(24-11-25-20)7-13(14)5-16(21)15(12)9-18(17)23-2/h12-20H,3-11H2,1-2H3. The van der Waals surface area contributed by atoms with E-state index < -0.39 is 0 Å². The third-order valence-electron chi connectivity index (χ3n) is 8.14. The van der Waals surface area contributed by atoms with Crippen LogP contribution in [-0.2, 0) is 18.9 Å². The Bertz CT molecular complexity index is 488. The second-order valence-corrected chi connectivity index (χ2v) is 9.05. The summed E-state index contributed by atoms with van der Waals surface area (Å²) in [5.74, 6) is 3.23. The molecule has 142 valence electrons. The van der Waals surface area contributed by atoms with Crippen molar-refractivity contribution in [3.63, 3.8) is 0 Å². The van der Waals surface area contributed by atoms with E-state index in [0.29, 0.717) is 19.0 Å². The Hall–Kier alpha value is -0.200. The molecule has 9 atom stereocenters. The first-order valence-corrected chi connectivity index (χ1v) is 10.3. The van der Waals surface area contributed by atoms with E-state index >= 15 is 0 Å². The van der Waals surface area contributed by atoms with Crippen molar-refractivity contribution in [2.75, 3.05) is 34.1 Å². The van der Waals surface area contributed by atoms with E-state index in [1.807, 2.05) is 14.2 Å². The first-order chi connectivity index (χ1) is 12.3. The van der Waals surface area contributed by atoms with E-state index in [1.54, 1.807) is 0 Å². The number of hydrogen-bond donors (Lipinski definition) is 0. The molecule has 2 aliphatic carbocycles. The quantitative estimate of drug-likeness (QED) is 0.763. The smallest absolute Gasteiger partial charge is 0.147 e. The van der Waals surface area contributed by atoms with Crippen molar-refractivity contribution in [3.8, 4) is 0 Å². The first-order valence-electron chi connectivity index (χ1n) is 10.3. The van der Waals surface area contributed by atoms with Gasteiger partial charge in [-0.05, 0) is 68.7 Å². The molecule has 5 rings (SSSR count). The van der Waals surface area contributed by atoms with Crippen LogP contribution in [0.3, 0.4) is 0 Å². The van der Waals surface area contributed by atoms with Crippen molar-refractivity contribution >= 4 is 0 Å². The molecule has 25 heavy (non-hydrogen) atoms. The Balaban J connectivity index is 1.32. The monoisotopic (exact) mass is 351 g/mol. The fourth-order valence-electron chi connectivity index (χ4n) is 6.83. The lowest BCUT2D eigenvalue weighted by atomic mass is 9.62. The lowest BCUT2D eigenvalue weighted by Crippen LogP contribution is -2.60. The molecule has 2 saturated carbocycles. The van der Waals surface area contributed by atoms with Gasteiger partial charge in [-0.15, -0.1) is 0 Å². The minimum Gasteiger partial charge on any atom is -0.379 e. The maximum atomic E-state index is 5.84. The summed E-state index contributed by atoms with van der Waals surface area (Å²) in [7, 11) is 3.70. The van der Waals surface area contributed by atoms with Gasteiger partial charge >= 0.3 is 0 Å². The second kappa shape index (κ2) is 6.75. The Labute approximate surface area is 151 Å². The molecule has 3 saturated heterocycles. The molecule has 0 aromatic rings. The van der Waals surface area contributed by atoms with Gasteiger partial charge in [0, 0.05) is 26.8 Å². The molecule has 0 aromatic carbocycles. The minimum absolute atomic E-state index is 0.270. The number of nitrogens with zero attached hydrogens (tertiary/aromatic N) is 1. The van der Waals surface area contributed by atoms with Crippen LogP contribution in [-0.4, -0.2) is 69.5 Å². The molecule has 5 heteroatoms. The molecule has 9 unspecified atom stereocenters. The lowest BCUT2D eigenvalue weighted by molar-refractivity contribution is -0.131. The van der Waals surface area contributed by atoms with Crippen molar-refractivity contribution in [1.29, 1.82) is 0 Å². The van der Waals surface area contributed by atoms with Crippen LogP contribution in [0.1, 0.15) is 38.5 Å². The van der Waals surface area contributed by atoms with Crippen LogP contribution in [0.25, 0.3) is 0 Å². The molecule has 0 spiro atoms. The van der Waals surface area contributed by atoms with Gasteiger partial charge < -0.3 is 18.9 Å². The normalized spacial score (nSPS) is 52.8. The highest BCUT2D eigenvalue weighted by molar-refractivity contribution is 5.03. The van der Waals surface area contributed by atoms with E-state index in [9.17, 15) is 0 Å². The zero-order valence-corrected chi connectivity index (χ0v) is 15.6. The van der Waals surface area contributed by atoms with Gasteiger partial charge in [-0.25, -0.2) is 0 Å². The fourth-order valence-corrected chi connectivity index (χ4v) is 6.83. The highest BCUT2D eigenvalue weighted by Gasteiger charge is 2.51. The molecule has 5 fully saturated rings. The van der Waals surface area contributed by atoms with Crippen molar-refractivity contribution in [2.24, 2.45) is 23.7 Å². The zero-order chi connectivity index (χ0) is 17.0. The summed E-state index contributed by atoms with van der Waals surface area (Å²) in [5.41, 5.74) is 0. The number of methoxy groups -OCH3 is 2. The average molecular weight is 351 g/mol. The van der Waals surface area contributed by atoms with Crippen LogP contribution in [0.5, 0.6) is 0 Å². The molecule has 0 bridgehead atoms. The van der Waals surface area contributed by atoms with Gasteiger partial charge in [0.15, 0.2) is 0 Å². The van der Waals surface area contributed by atoms with Gasteiger partial charge in [-0.3, -0.25) is 4.90 Å². The van der Waals surface area contributed by atoms with Crippen LogP contribution in [0.4, 0.5) is 0 Å². The Morgan fingerprint density at radius 2 is 1.52 bits per heavy atom. The largest absolute Gasteiger partial charge is 0.379 e. The van der Waals surface area contributed by atoms with Crippen LogP contribution in [0.15, 0.2) is 0 Å². The lowest BCUT2D eigenvalue weighted by Gasteiger charge is -2.56. The van der Waals surface area contributed by atoms with Crippen LogP contribution in [0, 0.1) is 23.7 Å². The summed E-state index contributed by atoms with van der Waals surface area (Å²) < 4.78 is 23.2. The van der Waals surface area contributed by atoms with Gasteiger partial charge in [-0.2, -0.15) is 0 Å². The van der Waals surface area contributed by atoms with Crippen LogP contribution < -0.4 is 0 Å². The molecular weight excluding hydrogens is 318 g/mol. The maximum absolute atomic E-state index is 5.84. The summed E-state index contributed by atoms with van der Waals surface area (Å²) in [6.07, 6.45) is 8.75. The van der Waals surface area contributed by atoms with Gasteiger partial charge in [0.05, 0.1) is 24.4 Å². The predicted molar refractivity (Wildman–Crippen MR) is 93.2 cm³/mol. The first kappa shape index (κ1) is 16.9. The highest BCUT2D eigenvalue weighted by atomic mass is 16.7. The Morgan fingerprint density at radius 1 is 0.800 bits per heavy atom. The summed E-state index contributed by atoms with van der Waals surface area (Å²) in [4.78, 5) is 2.82. The van der Waals surface area contributed by atoms with E-state index in [4.69, 9.17) is 18.9 Å². The van der Waals surface area contributed by atoms with Gasteiger partial charge in [0.25, 0.3) is 0 Å². The maximum Gasteiger partial charge on any atom is 0.147 e. The van der Waals surface area contributed by atoms with Crippen molar-refractivity contribution < 1.29 is 18.9 Å². The SMILES string of the molecule is COC1CC2CCN3CC4CC5OCOC5CC4CC3C2CC1OC. The highest BCUT2D eigenvalue weighted by Crippen LogP contribution is 2.49. The van der Waals surface area contributed by atoms with E-state index in [1.165, 1.54) is 51.6 Å². The summed E-state index contributed by atoms with van der Waals surface area (Å²) in [6.45, 7) is 3.06. The number of rotatable bonds is 2. The zero-order valence-electron chi connectivity index (χ0n) is 15.6. The molecule has 0 amide bonds. The van der Waals surface area contributed by atoms with E-state index in [-0.39, 0.29) is 12.2 Å². The van der Waals surface area contributed by atoms with Gasteiger partial charge in [-0.1, -0.05) is 0 Å².